The highest BCUT2D eigenvalue weighted by atomic mass is 32.3. The van der Waals surface area contributed by atoms with E-state index in [-0.39, 0.29) is 5.92 Å². The normalized spacial score (nSPS) is 20.8. The van der Waals surface area contributed by atoms with E-state index in [1.165, 1.54) is 94.9 Å². The van der Waals surface area contributed by atoms with Gasteiger partial charge in [-0.05, 0) is 154 Å². The van der Waals surface area contributed by atoms with E-state index in [4.69, 9.17) is 0 Å². The van der Waals surface area contributed by atoms with Crippen LogP contribution >= 0.6 is 8.75 Å². The van der Waals surface area contributed by atoms with Gasteiger partial charge in [0.05, 0.1) is 0 Å². The molecular formula is C50H42S. The van der Waals surface area contributed by atoms with Crippen molar-refractivity contribution in [3.8, 4) is 11.1 Å². The Morgan fingerprint density at radius 3 is 2.00 bits per heavy atom. The summed E-state index contributed by atoms with van der Waals surface area (Å²) in [6.07, 6.45) is 21.7. The van der Waals surface area contributed by atoms with Gasteiger partial charge in [-0.15, -0.1) is 0 Å². The van der Waals surface area contributed by atoms with E-state index in [9.17, 15) is 0 Å². The van der Waals surface area contributed by atoms with Crippen molar-refractivity contribution in [3.05, 3.63) is 201 Å². The molecule has 0 aromatic heterocycles. The Hall–Kier alpha value is -5.24. The molecule has 1 aliphatic heterocycles. The van der Waals surface area contributed by atoms with E-state index in [1.54, 1.807) is 9.77 Å². The van der Waals surface area contributed by atoms with Crippen molar-refractivity contribution in [2.45, 2.75) is 19.3 Å². The molecule has 1 heteroatoms. The van der Waals surface area contributed by atoms with Crippen LogP contribution in [0.4, 0.5) is 0 Å². The summed E-state index contributed by atoms with van der Waals surface area (Å²) in [7, 11) is -1.99. The molecule has 0 spiro atoms. The first-order valence-electron chi connectivity index (χ1n) is 18.3. The summed E-state index contributed by atoms with van der Waals surface area (Å²) in [5, 5.41) is 7.74. The van der Waals surface area contributed by atoms with E-state index < -0.39 is 8.75 Å². The molecule has 3 aliphatic carbocycles. The van der Waals surface area contributed by atoms with Gasteiger partial charge < -0.3 is 0 Å². The molecule has 0 saturated carbocycles. The molecule has 51 heavy (non-hydrogen) atoms. The lowest BCUT2D eigenvalue weighted by atomic mass is 9.73. The Bertz CT molecular complexity index is 2820. The van der Waals surface area contributed by atoms with E-state index in [0.717, 1.165) is 6.42 Å². The van der Waals surface area contributed by atoms with Gasteiger partial charge in [0.1, 0.15) is 0 Å². The largest absolute Gasteiger partial charge is 0.225 e. The van der Waals surface area contributed by atoms with Crippen LogP contribution in [0, 0.1) is 5.92 Å². The van der Waals surface area contributed by atoms with Crippen molar-refractivity contribution < 1.29 is 0 Å². The van der Waals surface area contributed by atoms with Gasteiger partial charge in [0.15, 0.2) is 0 Å². The van der Waals surface area contributed by atoms with Crippen molar-refractivity contribution in [2.75, 3.05) is 18.8 Å². The highest BCUT2D eigenvalue weighted by Gasteiger charge is 2.40. The maximum atomic E-state index is 2.65. The molecule has 0 fully saturated rings. The number of fused-ring (bicyclic) bond motifs is 6. The van der Waals surface area contributed by atoms with Crippen LogP contribution in [0.2, 0.25) is 0 Å². The Labute approximate surface area is 301 Å². The van der Waals surface area contributed by atoms with E-state index in [0.29, 0.717) is 0 Å². The van der Waals surface area contributed by atoms with Gasteiger partial charge in [0, 0.05) is 5.92 Å². The average molecular weight is 675 g/mol. The highest BCUT2D eigenvalue weighted by molar-refractivity contribution is 8.49. The van der Waals surface area contributed by atoms with Gasteiger partial charge in [-0.1, -0.05) is 133 Å². The predicted molar refractivity (Wildman–Crippen MR) is 224 cm³/mol. The van der Waals surface area contributed by atoms with Crippen LogP contribution in [0.5, 0.6) is 0 Å². The third-order valence-corrected chi connectivity index (χ3v) is 16.0. The Balaban J connectivity index is 1.37. The summed E-state index contributed by atoms with van der Waals surface area (Å²) in [6, 6.07) is 49.8. The monoisotopic (exact) mass is 674 g/mol. The zero-order chi connectivity index (χ0) is 34.3. The number of allylic oxidation sites excluding steroid dienone is 7. The van der Waals surface area contributed by atoms with Gasteiger partial charge in [-0.3, -0.25) is 0 Å². The first-order valence-corrected chi connectivity index (χ1v) is 21.6. The molecule has 0 saturated heterocycles. The lowest BCUT2D eigenvalue weighted by molar-refractivity contribution is 0.878. The zero-order valence-corrected chi connectivity index (χ0v) is 30.4. The fraction of sp³-hybridized carbons (Fsp3) is 0.140. The van der Waals surface area contributed by atoms with Crippen LogP contribution in [0.1, 0.15) is 30.4 Å². The second kappa shape index (κ2) is 11.1. The molecule has 6 aromatic rings. The molecule has 1 atom stereocenters. The summed E-state index contributed by atoms with van der Waals surface area (Å²) < 4.78 is 0. The van der Waals surface area contributed by atoms with Crippen LogP contribution in [0.25, 0.3) is 43.8 Å². The van der Waals surface area contributed by atoms with Gasteiger partial charge in [-0.2, -0.15) is 0 Å². The van der Waals surface area contributed by atoms with Crippen LogP contribution in [0.3, 0.4) is 0 Å². The quantitative estimate of drug-likeness (QED) is 0.164. The van der Waals surface area contributed by atoms with Crippen molar-refractivity contribution in [2.24, 2.45) is 5.92 Å². The van der Waals surface area contributed by atoms with Crippen molar-refractivity contribution in [1.82, 2.24) is 0 Å². The minimum atomic E-state index is -1.99. The number of hydrogen-bond donors (Lipinski definition) is 0. The minimum Gasteiger partial charge on any atom is -0.225 e. The van der Waals surface area contributed by atoms with Crippen LogP contribution in [0.15, 0.2) is 179 Å². The molecule has 1 unspecified atom stereocenters. The molecular weight excluding hydrogens is 633 g/mol. The predicted octanol–water partition coefficient (Wildman–Crippen LogP) is 11.0. The molecule has 248 valence electrons. The third-order valence-electron chi connectivity index (χ3n) is 11.9. The summed E-state index contributed by atoms with van der Waals surface area (Å²) in [5.41, 5.74) is 12.3. The van der Waals surface area contributed by atoms with Crippen LogP contribution in [-0.4, -0.2) is 23.6 Å². The molecule has 4 aliphatic rings. The maximum absolute atomic E-state index is 2.65. The highest BCUT2D eigenvalue weighted by Crippen LogP contribution is 2.67. The third kappa shape index (κ3) is 4.64. The number of rotatable bonds is 3. The SMILES string of the molecule is CS1(C)(C)=C2CCCC=C2C2=C1C=CC1C(=C2)C(c2cc3ccccc3cc2-c2ccccc2)=c2ccccc2=C1c1ccc2ccccc2c1. The van der Waals surface area contributed by atoms with Crippen LogP contribution < -0.4 is 10.4 Å². The molecule has 0 amide bonds. The average Bonchev–Trinajstić information content (AvgIpc) is 3.26. The van der Waals surface area contributed by atoms with Crippen molar-refractivity contribution in [1.29, 1.82) is 0 Å². The van der Waals surface area contributed by atoms with Gasteiger partial charge in [0.25, 0.3) is 0 Å². The fourth-order valence-corrected chi connectivity index (χ4v) is 13.0. The summed E-state index contributed by atoms with van der Waals surface area (Å²) >= 11 is 0. The first kappa shape index (κ1) is 30.6. The zero-order valence-electron chi connectivity index (χ0n) is 29.6. The molecule has 1 heterocycles. The Morgan fingerprint density at radius 2 is 1.24 bits per heavy atom. The summed E-state index contributed by atoms with van der Waals surface area (Å²) in [4.78, 5) is 3.26. The smallest absolute Gasteiger partial charge is 0.0291 e. The summed E-state index contributed by atoms with van der Waals surface area (Å²) in [5.74, 6) is 0.0903. The van der Waals surface area contributed by atoms with Crippen LogP contribution in [-0.2, 0) is 0 Å². The second-order valence-electron chi connectivity index (χ2n) is 15.7. The van der Waals surface area contributed by atoms with Gasteiger partial charge in [0.2, 0.25) is 0 Å². The van der Waals surface area contributed by atoms with Gasteiger partial charge in [-0.25, -0.2) is 8.75 Å². The Morgan fingerprint density at radius 1 is 0.588 bits per heavy atom. The Kier molecular flexibility index (Phi) is 6.67. The van der Waals surface area contributed by atoms with Crippen molar-refractivity contribution in [3.63, 3.8) is 0 Å². The van der Waals surface area contributed by atoms with E-state index in [1.807, 2.05) is 0 Å². The van der Waals surface area contributed by atoms with Gasteiger partial charge >= 0.3 is 0 Å². The lowest BCUT2D eigenvalue weighted by Gasteiger charge is -2.40. The molecule has 0 radical (unpaired) electrons. The van der Waals surface area contributed by atoms with E-state index >= 15 is 0 Å². The molecule has 6 aromatic carbocycles. The minimum absolute atomic E-state index is 0.0903. The summed E-state index contributed by atoms with van der Waals surface area (Å²) in [6.45, 7) is 0. The topological polar surface area (TPSA) is 0 Å². The number of benzene rings is 6. The molecule has 0 nitrogen and oxygen atoms in total. The van der Waals surface area contributed by atoms with Crippen molar-refractivity contribution >= 4 is 46.3 Å². The van der Waals surface area contributed by atoms with E-state index in [2.05, 4.69) is 177 Å². The molecule has 0 N–H and O–H groups in total. The molecule has 0 bridgehead atoms. The second-order valence-corrected chi connectivity index (χ2v) is 21.7. The lowest BCUT2D eigenvalue weighted by Crippen LogP contribution is -2.37. The number of hydrogen-bond acceptors (Lipinski definition) is 0. The first-order chi connectivity index (χ1) is 24.8. The molecule has 10 rings (SSSR count). The maximum Gasteiger partial charge on any atom is 0.0291 e. The standard InChI is InChI=1S/C50H42S/c1-51(2,3)47-24-14-13-21-39(47)44-32-46-42(27-28-48(44)51)49(38-26-25-33-15-7-8-18-35(33)29-38)40-22-11-12-23-41(40)50(46)45-31-37-20-10-9-19-36(37)30-43(45)34-16-5-4-6-17-34/h4-12,15-23,25-32,42H,13-14,24H2,1-3H3. The fourth-order valence-electron chi connectivity index (χ4n) is 9.45.